The van der Waals surface area contributed by atoms with E-state index in [1.165, 1.54) is 24.0 Å². The minimum absolute atomic E-state index is 0.507. The summed E-state index contributed by atoms with van der Waals surface area (Å²) in [5.74, 6) is 0.541. The molecule has 2 nitrogen and oxygen atoms in total. The Bertz CT molecular complexity index is 343. The van der Waals surface area contributed by atoms with Crippen LogP contribution >= 0.6 is 15.9 Å². The van der Waals surface area contributed by atoms with Crippen molar-refractivity contribution in [3.05, 3.63) is 28.0 Å². The topological polar surface area (TPSA) is 24.9 Å². The van der Waals surface area contributed by atoms with Crippen LogP contribution in [0.2, 0.25) is 0 Å². The zero-order valence-electron chi connectivity index (χ0n) is 9.26. The van der Waals surface area contributed by atoms with Gasteiger partial charge in [-0.05, 0) is 52.4 Å². The van der Waals surface area contributed by atoms with E-state index in [1.807, 2.05) is 12.4 Å². The molecule has 0 aromatic carbocycles. The lowest BCUT2D eigenvalue weighted by molar-refractivity contribution is 0.628. The van der Waals surface area contributed by atoms with Crippen LogP contribution in [0.15, 0.2) is 16.9 Å². The van der Waals surface area contributed by atoms with E-state index in [0.29, 0.717) is 12.0 Å². The van der Waals surface area contributed by atoms with E-state index in [-0.39, 0.29) is 0 Å². The van der Waals surface area contributed by atoms with Crippen molar-refractivity contribution in [3.63, 3.8) is 0 Å². The lowest BCUT2D eigenvalue weighted by Crippen LogP contribution is -2.15. The molecular weight excluding hydrogens is 252 g/mol. The first-order chi connectivity index (χ1) is 7.20. The van der Waals surface area contributed by atoms with Crippen LogP contribution in [0.5, 0.6) is 0 Å². The summed E-state index contributed by atoms with van der Waals surface area (Å²) in [6.45, 7) is 5.60. The van der Waals surface area contributed by atoms with Crippen LogP contribution in [0.3, 0.4) is 0 Å². The number of rotatable bonds is 2. The Labute approximate surface area is 99.6 Å². The first-order valence-electron chi connectivity index (χ1n) is 5.57. The number of nitrogens with zero attached hydrogens (tertiary/aromatic N) is 1. The Morgan fingerprint density at radius 2 is 2.27 bits per heavy atom. The van der Waals surface area contributed by atoms with Gasteiger partial charge in [0.2, 0.25) is 0 Å². The van der Waals surface area contributed by atoms with Gasteiger partial charge in [-0.2, -0.15) is 0 Å². The number of pyridine rings is 1. The Hall–Kier alpha value is -0.410. The monoisotopic (exact) mass is 268 g/mol. The number of hydrogen-bond acceptors (Lipinski definition) is 2. The molecule has 15 heavy (non-hydrogen) atoms. The molecule has 0 spiro atoms. The Morgan fingerprint density at radius 3 is 2.87 bits per heavy atom. The van der Waals surface area contributed by atoms with Gasteiger partial charge in [-0.15, -0.1) is 0 Å². The number of aromatic nitrogens is 1. The van der Waals surface area contributed by atoms with Gasteiger partial charge < -0.3 is 5.32 Å². The number of nitrogens with one attached hydrogen (secondary N) is 1. The third kappa shape index (κ3) is 2.23. The Kier molecular flexibility index (Phi) is 3.42. The summed E-state index contributed by atoms with van der Waals surface area (Å²) in [6, 6.07) is 0.507. The zero-order valence-corrected chi connectivity index (χ0v) is 10.8. The van der Waals surface area contributed by atoms with Crippen molar-refractivity contribution in [2.24, 2.45) is 0 Å². The summed E-state index contributed by atoms with van der Waals surface area (Å²) >= 11 is 3.60. The zero-order chi connectivity index (χ0) is 10.8. The first kappa shape index (κ1) is 11.1. The normalized spacial score (nSPS) is 21.2. The van der Waals surface area contributed by atoms with Crippen molar-refractivity contribution in [3.8, 4) is 0 Å². The van der Waals surface area contributed by atoms with Crippen LogP contribution in [0.1, 0.15) is 49.8 Å². The fraction of sp³-hybridized carbons (Fsp3) is 0.583. The fourth-order valence-electron chi connectivity index (χ4n) is 2.30. The Balaban J connectivity index is 2.40. The predicted octanol–water partition coefficient (Wildman–Crippen LogP) is 3.39. The summed E-state index contributed by atoms with van der Waals surface area (Å²) in [4.78, 5) is 4.28. The van der Waals surface area contributed by atoms with E-state index >= 15 is 0 Å². The average molecular weight is 269 g/mol. The smallest absolute Gasteiger partial charge is 0.0413 e. The first-order valence-corrected chi connectivity index (χ1v) is 6.36. The third-order valence-electron chi connectivity index (χ3n) is 2.98. The van der Waals surface area contributed by atoms with Crippen LogP contribution in [-0.4, -0.2) is 11.5 Å². The maximum atomic E-state index is 4.28. The summed E-state index contributed by atoms with van der Waals surface area (Å²) < 4.78 is 1.14. The summed E-state index contributed by atoms with van der Waals surface area (Å²) in [5, 5.41) is 3.53. The van der Waals surface area contributed by atoms with Crippen molar-refractivity contribution < 1.29 is 0 Å². The molecule has 3 heteroatoms. The molecule has 1 N–H and O–H groups in total. The summed E-state index contributed by atoms with van der Waals surface area (Å²) in [7, 11) is 0. The maximum Gasteiger partial charge on any atom is 0.0413 e. The van der Waals surface area contributed by atoms with Crippen molar-refractivity contribution in [2.45, 2.75) is 38.6 Å². The van der Waals surface area contributed by atoms with Crippen LogP contribution in [0.4, 0.5) is 0 Å². The van der Waals surface area contributed by atoms with Gasteiger partial charge in [-0.1, -0.05) is 13.8 Å². The third-order valence-corrected chi connectivity index (χ3v) is 3.61. The van der Waals surface area contributed by atoms with Gasteiger partial charge in [0.05, 0.1) is 0 Å². The van der Waals surface area contributed by atoms with Gasteiger partial charge in [-0.25, -0.2) is 0 Å². The molecule has 1 fully saturated rings. The van der Waals surface area contributed by atoms with Crippen molar-refractivity contribution in [2.75, 3.05) is 6.54 Å². The van der Waals surface area contributed by atoms with Gasteiger partial charge in [-0.3, -0.25) is 4.98 Å². The minimum Gasteiger partial charge on any atom is -0.310 e. The molecule has 1 aromatic heterocycles. The molecule has 0 amide bonds. The molecule has 1 aliphatic heterocycles. The summed E-state index contributed by atoms with van der Waals surface area (Å²) in [6.07, 6.45) is 6.42. The fourth-order valence-corrected chi connectivity index (χ4v) is 3.10. The van der Waals surface area contributed by atoms with Gasteiger partial charge in [0.1, 0.15) is 0 Å². The highest BCUT2D eigenvalue weighted by atomic mass is 79.9. The molecule has 0 radical (unpaired) electrons. The molecular formula is C12H17BrN2. The second kappa shape index (κ2) is 4.62. The van der Waals surface area contributed by atoms with Crippen LogP contribution in [-0.2, 0) is 0 Å². The van der Waals surface area contributed by atoms with Crippen LogP contribution < -0.4 is 5.32 Å². The van der Waals surface area contributed by atoms with E-state index in [0.717, 1.165) is 11.0 Å². The van der Waals surface area contributed by atoms with E-state index in [4.69, 9.17) is 0 Å². The van der Waals surface area contributed by atoms with Gasteiger partial charge >= 0.3 is 0 Å². The van der Waals surface area contributed by atoms with Gasteiger partial charge in [0.25, 0.3) is 0 Å². The minimum atomic E-state index is 0.507. The molecule has 2 rings (SSSR count). The van der Waals surface area contributed by atoms with E-state index in [9.17, 15) is 0 Å². The lowest BCUT2D eigenvalue weighted by Gasteiger charge is -2.19. The molecule has 0 saturated carbocycles. The van der Waals surface area contributed by atoms with Crippen molar-refractivity contribution in [1.82, 2.24) is 10.3 Å². The predicted molar refractivity (Wildman–Crippen MR) is 66.0 cm³/mol. The molecule has 1 unspecified atom stereocenters. The SMILES string of the molecule is CC(C)c1c(Br)cncc1C1CCCN1. The Morgan fingerprint density at radius 1 is 1.47 bits per heavy atom. The molecule has 82 valence electrons. The number of halogens is 1. The van der Waals surface area contributed by atoms with Crippen molar-refractivity contribution in [1.29, 1.82) is 0 Å². The molecule has 1 aliphatic rings. The van der Waals surface area contributed by atoms with Crippen LogP contribution in [0, 0.1) is 0 Å². The second-order valence-electron chi connectivity index (χ2n) is 4.43. The van der Waals surface area contributed by atoms with E-state index in [1.54, 1.807) is 0 Å². The highest BCUT2D eigenvalue weighted by molar-refractivity contribution is 9.10. The standard InChI is InChI=1S/C12H17BrN2/c1-8(2)12-9(6-14-7-10(12)13)11-4-3-5-15-11/h6-8,11,15H,3-5H2,1-2H3. The molecule has 0 aliphatic carbocycles. The van der Waals surface area contributed by atoms with Crippen molar-refractivity contribution >= 4 is 15.9 Å². The highest BCUT2D eigenvalue weighted by Crippen LogP contribution is 2.33. The van der Waals surface area contributed by atoms with E-state index in [2.05, 4.69) is 40.1 Å². The lowest BCUT2D eigenvalue weighted by atomic mass is 9.94. The molecule has 1 atom stereocenters. The van der Waals surface area contributed by atoms with Gasteiger partial charge in [0, 0.05) is 22.9 Å². The second-order valence-corrected chi connectivity index (χ2v) is 5.28. The number of hydrogen-bond donors (Lipinski definition) is 1. The maximum absolute atomic E-state index is 4.28. The highest BCUT2D eigenvalue weighted by Gasteiger charge is 2.21. The summed E-state index contributed by atoms with van der Waals surface area (Å²) in [5.41, 5.74) is 2.78. The largest absolute Gasteiger partial charge is 0.310 e. The van der Waals surface area contributed by atoms with Crippen LogP contribution in [0.25, 0.3) is 0 Å². The average Bonchev–Trinajstić information content (AvgIpc) is 2.69. The van der Waals surface area contributed by atoms with Gasteiger partial charge in [0.15, 0.2) is 0 Å². The molecule has 1 saturated heterocycles. The molecule has 0 bridgehead atoms. The van der Waals surface area contributed by atoms with E-state index < -0.39 is 0 Å². The molecule has 2 heterocycles. The quantitative estimate of drug-likeness (QED) is 0.890. The molecule has 1 aromatic rings.